The van der Waals surface area contributed by atoms with E-state index in [1.165, 1.54) is 12.5 Å². The Bertz CT molecular complexity index is 1710. The van der Waals surface area contributed by atoms with Crippen molar-refractivity contribution in [3.05, 3.63) is 131 Å². The zero-order valence-corrected chi connectivity index (χ0v) is 28.9. The number of aliphatic hydroxyl groups is 1. The Morgan fingerprint density at radius 1 is 0.800 bits per heavy atom. The molecule has 0 aromatic heterocycles. The van der Waals surface area contributed by atoms with Crippen molar-refractivity contribution in [1.29, 1.82) is 0 Å². The van der Waals surface area contributed by atoms with Gasteiger partial charge in [-0.2, -0.15) is 0 Å². The highest BCUT2D eigenvalue weighted by Gasteiger charge is 2.34. The first-order valence-electron chi connectivity index (χ1n) is 17.5. The van der Waals surface area contributed by atoms with Crippen molar-refractivity contribution in [2.75, 3.05) is 32.7 Å². The highest BCUT2D eigenvalue weighted by molar-refractivity contribution is 5.82. The molecule has 2 heterocycles. The van der Waals surface area contributed by atoms with Gasteiger partial charge in [-0.05, 0) is 52.4 Å². The van der Waals surface area contributed by atoms with Crippen molar-refractivity contribution in [3.8, 4) is 11.1 Å². The molecule has 2 aliphatic rings. The second kappa shape index (κ2) is 17.0. The summed E-state index contributed by atoms with van der Waals surface area (Å²) in [5.74, 6) is -0.835. The van der Waals surface area contributed by atoms with Crippen LogP contribution in [0.1, 0.15) is 60.5 Å². The number of rotatable bonds is 12. The Hall–Kier alpha value is -4.38. The molecule has 1 amide bonds. The van der Waals surface area contributed by atoms with Gasteiger partial charge in [-0.25, -0.2) is 0 Å². The number of piperazine rings is 1. The van der Waals surface area contributed by atoms with Crippen molar-refractivity contribution in [2.24, 2.45) is 0 Å². The number of nitrogens with one attached hydrogen (secondary N) is 1. The Morgan fingerprint density at radius 2 is 1.48 bits per heavy atom. The van der Waals surface area contributed by atoms with Gasteiger partial charge in [-0.3, -0.25) is 19.4 Å². The van der Waals surface area contributed by atoms with Crippen LogP contribution in [0.3, 0.4) is 0 Å². The average molecular weight is 678 g/mol. The van der Waals surface area contributed by atoms with Gasteiger partial charge in [-0.15, -0.1) is 0 Å². The minimum Gasteiger partial charge on any atom is -0.453 e. The smallest absolute Gasteiger partial charge is 0.303 e. The highest BCUT2D eigenvalue weighted by atomic mass is 16.7. The number of nitrogens with zero attached hydrogens (tertiary/aromatic N) is 2. The first kappa shape index (κ1) is 35.4. The zero-order valence-electron chi connectivity index (χ0n) is 28.9. The molecule has 0 saturated carbocycles. The molecule has 6 rings (SSSR count). The number of carbonyl (C=O) groups excluding carboxylic acids is 2. The molecule has 0 aliphatic carbocycles. The molecule has 262 valence electrons. The number of benzene rings is 4. The molecule has 2 fully saturated rings. The van der Waals surface area contributed by atoms with Crippen LogP contribution in [0.15, 0.2) is 103 Å². The van der Waals surface area contributed by atoms with E-state index in [1.54, 1.807) is 6.92 Å². The minimum atomic E-state index is -0.854. The van der Waals surface area contributed by atoms with Gasteiger partial charge in [-0.1, -0.05) is 91.0 Å². The van der Waals surface area contributed by atoms with Crippen LogP contribution in [-0.4, -0.2) is 71.7 Å². The van der Waals surface area contributed by atoms with E-state index in [2.05, 4.69) is 57.6 Å². The van der Waals surface area contributed by atoms with Gasteiger partial charge in [0.25, 0.3) is 5.91 Å². The molecule has 50 heavy (non-hydrogen) atoms. The second-order valence-electron chi connectivity index (χ2n) is 13.2. The number of esters is 1. The highest BCUT2D eigenvalue weighted by Crippen LogP contribution is 2.39. The quantitative estimate of drug-likeness (QED) is 0.182. The van der Waals surface area contributed by atoms with Crippen LogP contribution >= 0.6 is 0 Å². The average Bonchev–Trinajstić information content (AvgIpc) is 3.15. The van der Waals surface area contributed by atoms with Gasteiger partial charge in [0.05, 0.1) is 18.8 Å². The van der Waals surface area contributed by atoms with Gasteiger partial charge in [0.1, 0.15) is 0 Å². The lowest BCUT2D eigenvalue weighted by atomic mass is 9.98. The molecular formula is C41H47N3O6. The topological polar surface area (TPSA) is 101 Å². The summed E-state index contributed by atoms with van der Waals surface area (Å²) >= 11 is 0. The third-order valence-electron chi connectivity index (χ3n) is 9.39. The van der Waals surface area contributed by atoms with Gasteiger partial charge >= 0.3 is 5.97 Å². The molecule has 2 saturated heterocycles. The summed E-state index contributed by atoms with van der Waals surface area (Å²) < 4.78 is 18.4. The van der Waals surface area contributed by atoms with E-state index >= 15 is 0 Å². The maximum atomic E-state index is 12.4. The summed E-state index contributed by atoms with van der Waals surface area (Å²) in [6.45, 7) is 8.97. The third kappa shape index (κ3) is 9.65. The summed E-state index contributed by atoms with van der Waals surface area (Å²) in [6.07, 6.45) is -0.853. The van der Waals surface area contributed by atoms with E-state index < -0.39 is 18.4 Å². The minimum absolute atomic E-state index is 0.00415. The van der Waals surface area contributed by atoms with Gasteiger partial charge in [0.15, 0.2) is 12.4 Å². The predicted octanol–water partition coefficient (Wildman–Crippen LogP) is 5.78. The van der Waals surface area contributed by atoms with Crippen molar-refractivity contribution in [1.82, 2.24) is 15.1 Å². The van der Waals surface area contributed by atoms with Crippen molar-refractivity contribution in [2.45, 2.75) is 64.6 Å². The second-order valence-corrected chi connectivity index (χ2v) is 13.2. The number of carbonyl (C=O) groups is 2. The fourth-order valence-electron chi connectivity index (χ4n) is 6.65. The first-order valence-corrected chi connectivity index (χ1v) is 17.5. The van der Waals surface area contributed by atoms with E-state index in [9.17, 15) is 14.7 Å². The maximum Gasteiger partial charge on any atom is 0.303 e. The van der Waals surface area contributed by atoms with E-state index in [0.717, 1.165) is 79.1 Å². The Morgan fingerprint density at radius 3 is 2.20 bits per heavy atom. The lowest BCUT2D eigenvalue weighted by molar-refractivity contribution is -0.253. The molecule has 4 aromatic carbocycles. The van der Waals surface area contributed by atoms with Crippen molar-refractivity contribution in [3.63, 3.8) is 0 Å². The first-order chi connectivity index (χ1) is 24.3. The molecule has 0 radical (unpaired) electrons. The zero-order chi connectivity index (χ0) is 34.9. The van der Waals surface area contributed by atoms with Crippen molar-refractivity contribution >= 4 is 11.9 Å². The molecule has 4 aromatic rings. The van der Waals surface area contributed by atoms with Crippen LogP contribution in [-0.2, 0) is 43.5 Å². The van der Waals surface area contributed by atoms with E-state index in [4.69, 9.17) is 14.2 Å². The van der Waals surface area contributed by atoms with E-state index in [0.29, 0.717) is 6.54 Å². The van der Waals surface area contributed by atoms with Gasteiger partial charge in [0.2, 0.25) is 0 Å². The van der Waals surface area contributed by atoms with E-state index in [-0.39, 0.29) is 24.7 Å². The summed E-state index contributed by atoms with van der Waals surface area (Å²) in [6, 6.07) is 34.9. The fourth-order valence-corrected chi connectivity index (χ4v) is 6.65. The number of hydrogen-bond donors (Lipinski definition) is 2. The predicted molar refractivity (Wildman–Crippen MR) is 192 cm³/mol. The van der Waals surface area contributed by atoms with E-state index in [1.807, 2.05) is 60.7 Å². The number of hydrogen-bond acceptors (Lipinski definition) is 8. The van der Waals surface area contributed by atoms with Gasteiger partial charge < -0.3 is 24.6 Å². The molecule has 0 unspecified atom stereocenters. The number of aliphatic hydroxyl groups excluding tert-OH is 1. The summed E-state index contributed by atoms with van der Waals surface area (Å²) in [7, 11) is 0. The SMILES string of the molecule is CC(=O)O[C@@H](C)C(=O)NCc1cccc(-c2cccc([C@H]3O[C@@H](CN4CCN(Cc5ccccc5)CC4)C[C@@H](c4ccc(CO)cc4)O3)c2)c1. The molecule has 4 atom stereocenters. The van der Waals surface area contributed by atoms with Crippen molar-refractivity contribution < 1.29 is 28.9 Å². The molecular weight excluding hydrogens is 630 g/mol. The maximum absolute atomic E-state index is 12.4. The van der Waals surface area contributed by atoms with Crippen LogP contribution in [0, 0.1) is 0 Å². The summed E-state index contributed by atoms with van der Waals surface area (Å²) in [5.41, 5.74) is 7.17. The monoisotopic (exact) mass is 677 g/mol. The fraction of sp³-hybridized carbons (Fsp3) is 0.366. The van der Waals surface area contributed by atoms with Crippen LogP contribution in [0.5, 0.6) is 0 Å². The van der Waals surface area contributed by atoms with Crippen LogP contribution in [0.2, 0.25) is 0 Å². The summed E-state index contributed by atoms with van der Waals surface area (Å²) in [5, 5.41) is 12.5. The van der Waals surface area contributed by atoms with Gasteiger partial charge in [0, 0.05) is 64.7 Å². The Balaban J connectivity index is 1.14. The number of amides is 1. The standard InChI is InChI=1S/C41H47N3O6/c1-29(48-30(2)46)40(47)42-25-33-10-6-11-35(22-33)36-12-7-13-37(23-36)41-49-38(24-39(50-41)34-16-14-32(28-45)15-17-34)27-44-20-18-43(19-21-44)26-31-8-4-3-5-9-31/h3-17,22-23,29,38-39,41,45H,18-21,24-28H2,1-2H3,(H,42,47)/t29-,38+,39-,41-/m0/s1. The molecule has 0 bridgehead atoms. The molecule has 9 heteroatoms. The third-order valence-corrected chi connectivity index (χ3v) is 9.39. The molecule has 9 nitrogen and oxygen atoms in total. The normalized spacial score (nSPS) is 20.6. The van der Waals surface area contributed by atoms with Crippen LogP contribution < -0.4 is 5.32 Å². The Kier molecular flexibility index (Phi) is 12.1. The summed E-state index contributed by atoms with van der Waals surface area (Å²) in [4.78, 5) is 28.6. The lowest BCUT2D eigenvalue weighted by Crippen LogP contribution is -2.49. The Labute approximate surface area is 294 Å². The molecule has 2 N–H and O–H groups in total. The molecule has 2 aliphatic heterocycles. The van der Waals surface area contributed by atoms with Crippen LogP contribution in [0.4, 0.5) is 0 Å². The molecule has 0 spiro atoms. The lowest BCUT2D eigenvalue weighted by Gasteiger charge is -2.41. The number of ether oxygens (including phenoxy) is 3. The largest absolute Gasteiger partial charge is 0.453 e. The van der Waals surface area contributed by atoms with Crippen LogP contribution in [0.25, 0.3) is 11.1 Å².